The molecule has 0 bridgehead atoms. The van der Waals surface area contributed by atoms with Gasteiger partial charge >= 0.3 is 0 Å². The molecule has 0 saturated heterocycles. The van der Waals surface area contributed by atoms with Crippen LogP contribution in [0.1, 0.15) is 0 Å². The lowest BCUT2D eigenvalue weighted by Gasteiger charge is -2.14. The van der Waals surface area contributed by atoms with Gasteiger partial charge in [-0.05, 0) is 12.1 Å². The normalized spacial score (nSPS) is 9.50. The summed E-state index contributed by atoms with van der Waals surface area (Å²) < 4.78 is 0. The van der Waals surface area contributed by atoms with Crippen LogP contribution < -0.4 is 4.90 Å². The van der Waals surface area contributed by atoms with Gasteiger partial charge in [0.25, 0.3) is 5.91 Å². The number of hydrogen-bond acceptors (Lipinski definition) is 2. The fraction of sp³-hybridized carbons (Fsp3) is 0.250. The van der Waals surface area contributed by atoms with Crippen LogP contribution in [0, 0.1) is 0 Å². The molecule has 1 heterocycles. The van der Waals surface area contributed by atoms with Gasteiger partial charge in [0.1, 0.15) is 0 Å². The molecule has 63 valence electrons. The van der Waals surface area contributed by atoms with Crippen LogP contribution in [0.15, 0.2) is 24.5 Å². The van der Waals surface area contributed by atoms with E-state index in [0.717, 1.165) is 0 Å². The molecule has 1 rings (SSSR count). The Hall–Kier alpha value is -1.42. The minimum atomic E-state index is -0.731. The van der Waals surface area contributed by atoms with Gasteiger partial charge in [-0.25, -0.2) is 5.11 Å². The summed E-state index contributed by atoms with van der Waals surface area (Å²) in [5.74, 6) is -0.456. The molecular weight excluding hydrogens is 156 g/mol. The number of carbonyl (C=O) groups excluding carboxylic acids is 1. The van der Waals surface area contributed by atoms with Crippen molar-refractivity contribution in [3.63, 3.8) is 0 Å². The van der Waals surface area contributed by atoms with Crippen molar-refractivity contribution in [1.82, 2.24) is 4.98 Å². The first-order valence-corrected chi connectivity index (χ1v) is 3.50. The fourth-order valence-electron chi connectivity index (χ4n) is 0.793. The maximum absolute atomic E-state index is 10.9. The summed E-state index contributed by atoms with van der Waals surface area (Å²) in [6.45, 7) is -0.731. The highest BCUT2D eigenvalue weighted by Crippen LogP contribution is 2.08. The minimum Gasteiger partial charge on any atom is -0.312 e. The van der Waals surface area contributed by atoms with Crippen LogP contribution in [-0.2, 0) is 9.90 Å². The quantitative estimate of drug-likeness (QED) is 0.639. The third-order valence-corrected chi connectivity index (χ3v) is 1.53. The summed E-state index contributed by atoms with van der Waals surface area (Å²) in [6.07, 6.45) is 3.15. The van der Waals surface area contributed by atoms with E-state index >= 15 is 0 Å². The van der Waals surface area contributed by atoms with Crippen LogP contribution in [0.5, 0.6) is 0 Å². The number of rotatable bonds is 2. The molecule has 0 unspecified atom stereocenters. The predicted molar refractivity (Wildman–Crippen MR) is 43.2 cm³/mol. The van der Waals surface area contributed by atoms with Gasteiger partial charge in [0.05, 0.1) is 11.9 Å². The van der Waals surface area contributed by atoms with Gasteiger partial charge in [-0.3, -0.25) is 9.78 Å². The molecule has 0 saturated carbocycles. The molecule has 1 radical (unpaired) electrons. The van der Waals surface area contributed by atoms with Crippen LogP contribution >= 0.6 is 0 Å². The largest absolute Gasteiger partial charge is 0.312 e. The zero-order valence-corrected chi connectivity index (χ0v) is 6.73. The Kier molecular flexibility index (Phi) is 2.76. The zero-order chi connectivity index (χ0) is 8.97. The van der Waals surface area contributed by atoms with E-state index in [0.29, 0.717) is 5.69 Å². The standard InChI is InChI=1S/C8H9N2O2/c1-10(8(12)6-11)7-3-2-4-9-5-7/h2-5H,6H2,1H3. The van der Waals surface area contributed by atoms with Crippen LogP contribution in [0.2, 0.25) is 0 Å². The zero-order valence-electron chi connectivity index (χ0n) is 6.73. The van der Waals surface area contributed by atoms with E-state index in [1.54, 1.807) is 25.4 Å². The molecule has 0 fully saturated rings. The number of likely N-dealkylation sites (N-methyl/N-ethyl adjacent to an activating group) is 1. The average Bonchev–Trinajstić information content (AvgIpc) is 2.17. The van der Waals surface area contributed by atoms with Crippen molar-refractivity contribution in [1.29, 1.82) is 0 Å². The molecule has 1 aromatic heterocycles. The molecule has 4 heteroatoms. The van der Waals surface area contributed by atoms with Gasteiger partial charge in [-0.15, -0.1) is 0 Å². The first-order valence-electron chi connectivity index (χ1n) is 3.50. The molecular formula is C8H9N2O2. The first kappa shape index (κ1) is 8.67. The predicted octanol–water partition coefficient (Wildman–Crippen LogP) is 0.475. The van der Waals surface area contributed by atoms with Crippen molar-refractivity contribution >= 4 is 11.6 Å². The molecule has 0 atom stereocenters. The van der Waals surface area contributed by atoms with E-state index in [1.807, 2.05) is 0 Å². The van der Waals surface area contributed by atoms with Gasteiger partial charge < -0.3 is 4.90 Å². The van der Waals surface area contributed by atoms with Crippen molar-refractivity contribution < 1.29 is 9.90 Å². The number of anilines is 1. The highest BCUT2D eigenvalue weighted by atomic mass is 16.3. The first-order chi connectivity index (χ1) is 5.75. The summed E-state index contributed by atoms with van der Waals surface area (Å²) in [7, 11) is 1.55. The monoisotopic (exact) mass is 165 g/mol. The third kappa shape index (κ3) is 1.79. The highest BCUT2D eigenvalue weighted by Gasteiger charge is 2.08. The van der Waals surface area contributed by atoms with E-state index in [1.165, 1.54) is 11.1 Å². The Labute approximate surface area is 70.5 Å². The Morgan fingerprint density at radius 1 is 1.67 bits per heavy atom. The maximum Gasteiger partial charge on any atom is 0.256 e. The maximum atomic E-state index is 10.9. The van der Waals surface area contributed by atoms with Crippen molar-refractivity contribution in [2.24, 2.45) is 0 Å². The molecule has 12 heavy (non-hydrogen) atoms. The number of pyridine rings is 1. The van der Waals surface area contributed by atoms with Gasteiger partial charge in [-0.2, -0.15) is 0 Å². The van der Waals surface area contributed by atoms with Crippen LogP contribution in [-0.4, -0.2) is 24.5 Å². The van der Waals surface area contributed by atoms with E-state index in [-0.39, 0.29) is 0 Å². The summed E-state index contributed by atoms with van der Waals surface area (Å²) in [6, 6.07) is 3.43. The molecule has 1 aromatic rings. The highest BCUT2D eigenvalue weighted by molar-refractivity contribution is 5.93. The molecule has 0 aliphatic carbocycles. The van der Waals surface area contributed by atoms with E-state index in [9.17, 15) is 9.90 Å². The molecule has 0 N–H and O–H groups in total. The Morgan fingerprint density at radius 2 is 2.42 bits per heavy atom. The smallest absolute Gasteiger partial charge is 0.256 e. The topological polar surface area (TPSA) is 53.1 Å². The average molecular weight is 165 g/mol. The summed E-state index contributed by atoms with van der Waals surface area (Å²) in [5, 5.41) is 10.2. The molecule has 0 spiro atoms. The van der Waals surface area contributed by atoms with Crippen molar-refractivity contribution in [3.05, 3.63) is 24.5 Å². The van der Waals surface area contributed by atoms with Gasteiger partial charge in [0.2, 0.25) is 0 Å². The van der Waals surface area contributed by atoms with E-state index in [4.69, 9.17) is 0 Å². The Bertz CT molecular complexity index is 261. The second-order valence-electron chi connectivity index (χ2n) is 2.31. The Balaban J connectivity index is 2.78. The number of carbonyl (C=O) groups is 1. The molecule has 0 aromatic carbocycles. The number of hydrogen-bond donors (Lipinski definition) is 0. The van der Waals surface area contributed by atoms with E-state index in [2.05, 4.69) is 4.98 Å². The summed E-state index contributed by atoms with van der Waals surface area (Å²) in [5.41, 5.74) is 0.637. The van der Waals surface area contributed by atoms with Crippen molar-refractivity contribution in [2.75, 3.05) is 18.6 Å². The van der Waals surface area contributed by atoms with Crippen LogP contribution in [0.25, 0.3) is 0 Å². The number of nitrogens with zero attached hydrogens (tertiary/aromatic N) is 2. The Morgan fingerprint density at radius 3 is 2.92 bits per heavy atom. The molecule has 0 aliphatic rings. The minimum absolute atomic E-state index is 0.456. The second kappa shape index (κ2) is 3.82. The SMILES string of the molecule is CN(C(=O)C[O])c1cccnc1. The third-order valence-electron chi connectivity index (χ3n) is 1.53. The van der Waals surface area contributed by atoms with Crippen molar-refractivity contribution in [3.8, 4) is 0 Å². The number of amides is 1. The van der Waals surface area contributed by atoms with Crippen LogP contribution in [0.4, 0.5) is 5.69 Å². The van der Waals surface area contributed by atoms with Gasteiger partial charge in [-0.1, -0.05) is 0 Å². The lowest BCUT2D eigenvalue weighted by Crippen LogP contribution is -2.28. The van der Waals surface area contributed by atoms with E-state index < -0.39 is 12.5 Å². The van der Waals surface area contributed by atoms with Crippen molar-refractivity contribution in [2.45, 2.75) is 0 Å². The second-order valence-corrected chi connectivity index (χ2v) is 2.31. The van der Waals surface area contributed by atoms with Gasteiger partial charge in [0.15, 0.2) is 6.61 Å². The summed E-state index contributed by atoms with van der Waals surface area (Å²) in [4.78, 5) is 16.0. The molecule has 4 nitrogen and oxygen atoms in total. The lowest BCUT2D eigenvalue weighted by molar-refractivity contribution is -0.122. The lowest BCUT2D eigenvalue weighted by atomic mass is 10.4. The summed E-state index contributed by atoms with van der Waals surface area (Å²) >= 11 is 0. The van der Waals surface area contributed by atoms with Gasteiger partial charge in [0, 0.05) is 13.2 Å². The van der Waals surface area contributed by atoms with Crippen LogP contribution in [0.3, 0.4) is 0 Å². The molecule has 0 aliphatic heterocycles. The molecule has 1 amide bonds. The fourth-order valence-corrected chi connectivity index (χ4v) is 0.793. The number of aromatic nitrogens is 1.